The normalized spacial score (nSPS) is 7.20. The van der Waals surface area contributed by atoms with Crippen molar-refractivity contribution >= 4 is 46.4 Å². The van der Waals surface area contributed by atoms with Gasteiger partial charge in [0.25, 0.3) is 0 Å². The van der Waals surface area contributed by atoms with Gasteiger partial charge in [-0.3, -0.25) is 0 Å². The number of hydrogen-bond donors (Lipinski definition) is 0. The molecule has 0 aliphatic heterocycles. The van der Waals surface area contributed by atoms with E-state index in [1.165, 1.54) is 0 Å². The van der Waals surface area contributed by atoms with E-state index in [4.69, 9.17) is 46.4 Å². The quantitative estimate of drug-likeness (QED) is 0.587. The van der Waals surface area contributed by atoms with Crippen molar-refractivity contribution in [2.24, 2.45) is 0 Å². The van der Waals surface area contributed by atoms with Crippen molar-refractivity contribution in [1.29, 1.82) is 0 Å². The molecule has 0 spiro atoms. The molecule has 0 heterocycles. The van der Waals surface area contributed by atoms with Crippen LogP contribution in [0.4, 0.5) is 0 Å². The predicted molar refractivity (Wildman–Crippen MR) is 54.0 cm³/mol. The van der Waals surface area contributed by atoms with Gasteiger partial charge >= 0.3 is 0 Å². The lowest BCUT2D eigenvalue weighted by Crippen LogP contribution is -1.63. The lowest BCUT2D eigenvalue weighted by Gasteiger charge is -1.72. The first-order valence-corrected chi connectivity index (χ1v) is 4.99. The van der Waals surface area contributed by atoms with E-state index >= 15 is 0 Å². The highest BCUT2D eigenvalue weighted by molar-refractivity contribution is 6.43. The van der Waals surface area contributed by atoms with E-state index in [9.17, 15) is 0 Å². The molecule has 0 radical (unpaired) electrons. The van der Waals surface area contributed by atoms with Gasteiger partial charge < -0.3 is 0 Å². The van der Waals surface area contributed by atoms with Crippen LogP contribution in [0.3, 0.4) is 0 Å². The van der Waals surface area contributed by atoms with Gasteiger partial charge in [-0.15, -0.1) is 46.4 Å². The minimum atomic E-state index is -0.222. The predicted octanol–water partition coefficient (Wildman–Crippen LogP) is 4.30. The highest BCUT2D eigenvalue weighted by Gasteiger charge is 1.75. The number of halogens is 4. The van der Waals surface area contributed by atoms with E-state index in [1.807, 2.05) is 13.8 Å². The summed E-state index contributed by atoms with van der Waals surface area (Å²) in [7, 11) is 0. The maximum absolute atomic E-state index is 5.05. The summed E-state index contributed by atoms with van der Waals surface area (Å²) in [5, 5.41) is 0. The van der Waals surface area contributed by atoms with Crippen LogP contribution in [0.15, 0.2) is 0 Å². The van der Waals surface area contributed by atoms with Gasteiger partial charge in [-0.25, -0.2) is 0 Å². The largest absolute Gasteiger partial charge is 0.125 e. The Bertz CT molecular complexity index is 26.2. The highest BCUT2D eigenvalue weighted by atomic mass is 35.5. The molecule has 4 heteroatoms. The maximum Gasteiger partial charge on any atom is 0.105 e. The molecule has 66 valence electrons. The smallest absolute Gasteiger partial charge is 0.105 e. The molecule has 0 saturated heterocycles. The van der Waals surface area contributed by atoms with Crippen LogP contribution in [0.1, 0.15) is 20.8 Å². The lowest BCUT2D eigenvalue weighted by molar-refractivity contribution is 1.39. The standard InChI is InChI=1S/2C2H4Cl2.C2H6/c1-2(3)4;3-1-2-4;1-2/h2H,1H3;1-2H2;1-2H3. The van der Waals surface area contributed by atoms with Crippen LogP contribution in [-0.4, -0.2) is 16.6 Å². The topological polar surface area (TPSA) is 0 Å². The van der Waals surface area contributed by atoms with Crippen LogP contribution in [0.2, 0.25) is 0 Å². The van der Waals surface area contributed by atoms with Crippen LogP contribution in [0, 0.1) is 0 Å². The first kappa shape index (κ1) is 17.3. The molecule has 0 bridgehead atoms. The molecule has 0 saturated carbocycles. The lowest BCUT2D eigenvalue weighted by atomic mass is 11.0. The van der Waals surface area contributed by atoms with Crippen LogP contribution in [0.25, 0.3) is 0 Å². The molecule has 0 aliphatic rings. The molecule has 0 nitrogen and oxygen atoms in total. The minimum absolute atomic E-state index is 0.222. The Morgan fingerprint density at radius 1 is 1.00 bits per heavy atom. The zero-order valence-corrected chi connectivity index (χ0v) is 9.53. The van der Waals surface area contributed by atoms with Crippen LogP contribution in [0.5, 0.6) is 0 Å². The second-order valence-corrected chi connectivity index (χ2v) is 3.19. The second-order valence-electron chi connectivity index (χ2n) is 0.897. The van der Waals surface area contributed by atoms with Crippen LogP contribution < -0.4 is 0 Å². The molecule has 0 unspecified atom stereocenters. The zero-order valence-electron chi connectivity index (χ0n) is 6.50. The Morgan fingerprint density at radius 2 is 1.10 bits per heavy atom. The molecule has 0 atom stereocenters. The van der Waals surface area contributed by atoms with Crippen molar-refractivity contribution in [2.45, 2.75) is 25.6 Å². The first-order chi connectivity index (χ1) is 4.65. The SMILES string of the molecule is CC.CC(Cl)Cl.ClCCCl. The third kappa shape index (κ3) is 131. The summed E-state index contributed by atoms with van der Waals surface area (Å²) >= 11 is 20.2. The molecular formula is C6H14Cl4. The van der Waals surface area contributed by atoms with E-state index in [1.54, 1.807) is 6.92 Å². The third-order valence-electron chi connectivity index (χ3n) is 0.0714. The Hall–Kier alpha value is 1.16. The van der Waals surface area contributed by atoms with Gasteiger partial charge in [0.2, 0.25) is 0 Å². The average Bonchev–Trinajstić information content (AvgIpc) is 1.91. The summed E-state index contributed by atoms with van der Waals surface area (Å²) in [6, 6.07) is 0. The summed E-state index contributed by atoms with van der Waals surface area (Å²) in [4.78, 5) is -0.222. The first-order valence-electron chi connectivity index (χ1n) is 3.05. The second kappa shape index (κ2) is 22.5. The maximum atomic E-state index is 5.05. The van der Waals surface area contributed by atoms with Gasteiger partial charge in [0, 0.05) is 11.8 Å². The summed E-state index contributed by atoms with van der Waals surface area (Å²) in [6.07, 6.45) is 0. The van der Waals surface area contributed by atoms with E-state index in [0.717, 1.165) is 0 Å². The molecular weight excluding hydrogens is 214 g/mol. The molecule has 0 aromatic carbocycles. The number of rotatable bonds is 1. The Balaban J connectivity index is -0.0000000787. The summed E-state index contributed by atoms with van der Waals surface area (Å²) < 4.78 is 0. The molecule has 0 fully saturated rings. The highest BCUT2D eigenvalue weighted by Crippen LogP contribution is 1.95. The Morgan fingerprint density at radius 3 is 1.10 bits per heavy atom. The van der Waals surface area contributed by atoms with Crippen molar-refractivity contribution in [3.63, 3.8) is 0 Å². The van der Waals surface area contributed by atoms with E-state index < -0.39 is 0 Å². The molecule has 10 heavy (non-hydrogen) atoms. The van der Waals surface area contributed by atoms with Crippen LogP contribution >= 0.6 is 46.4 Å². The van der Waals surface area contributed by atoms with Crippen molar-refractivity contribution < 1.29 is 0 Å². The van der Waals surface area contributed by atoms with Gasteiger partial charge in [0.05, 0.1) is 0 Å². The number of hydrogen-bond acceptors (Lipinski definition) is 0. The monoisotopic (exact) mass is 226 g/mol. The molecule has 0 aliphatic carbocycles. The molecule has 0 aromatic rings. The summed E-state index contributed by atoms with van der Waals surface area (Å²) in [6.45, 7) is 5.70. The Kier molecular flexibility index (Phi) is 38.9. The van der Waals surface area contributed by atoms with Gasteiger partial charge in [0.1, 0.15) is 4.84 Å². The van der Waals surface area contributed by atoms with Gasteiger partial charge in [-0.2, -0.15) is 0 Å². The Labute approximate surface area is 83.8 Å². The molecule has 0 rings (SSSR count). The van der Waals surface area contributed by atoms with E-state index in [-0.39, 0.29) is 4.84 Å². The van der Waals surface area contributed by atoms with Gasteiger partial charge in [0.15, 0.2) is 0 Å². The zero-order chi connectivity index (χ0) is 8.99. The van der Waals surface area contributed by atoms with Crippen LogP contribution in [-0.2, 0) is 0 Å². The fourth-order valence-corrected chi connectivity index (χ4v) is 0. The number of alkyl halides is 4. The van der Waals surface area contributed by atoms with E-state index in [2.05, 4.69) is 0 Å². The van der Waals surface area contributed by atoms with Gasteiger partial charge in [-0.05, 0) is 6.92 Å². The summed E-state index contributed by atoms with van der Waals surface area (Å²) in [5.74, 6) is 1.11. The minimum Gasteiger partial charge on any atom is -0.125 e. The van der Waals surface area contributed by atoms with Crippen molar-refractivity contribution in [3.8, 4) is 0 Å². The fourth-order valence-electron chi connectivity index (χ4n) is 0. The molecule has 0 N–H and O–H groups in total. The molecule has 0 aromatic heterocycles. The van der Waals surface area contributed by atoms with E-state index in [0.29, 0.717) is 11.8 Å². The van der Waals surface area contributed by atoms with Gasteiger partial charge in [-0.1, -0.05) is 13.8 Å². The van der Waals surface area contributed by atoms with Crippen molar-refractivity contribution in [3.05, 3.63) is 0 Å². The average molecular weight is 228 g/mol. The van der Waals surface area contributed by atoms with Crippen molar-refractivity contribution in [1.82, 2.24) is 0 Å². The molecule has 0 amide bonds. The fraction of sp³-hybridized carbons (Fsp3) is 1.00. The third-order valence-corrected chi connectivity index (χ3v) is 0.643. The summed E-state index contributed by atoms with van der Waals surface area (Å²) in [5.41, 5.74) is 0. The van der Waals surface area contributed by atoms with Crippen molar-refractivity contribution in [2.75, 3.05) is 11.8 Å².